The van der Waals surface area contributed by atoms with Crippen molar-refractivity contribution in [2.75, 3.05) is 5.75 Å². The molecule has 1 aliphatic heterocycles. The fraction of sp³-hybridized carbons (Fsp3) is 0.333. The van der Waals surface area contributed by atoms with Gasteiger partial charge in [-0.1, -0.05) is 18.2 Å². The maximum atomic E-state index is 13.0. The quantitative estimate of drug-likeness (QED) is 0.874. The van der Waals surface area contributed by atoms with E-state index in [0.29, 0.717) is 11.8 Å². The Balaban J connectivity index is 1.95. The number of hydrogen-bond donors (Lipinski definition) is 1. The molecule has 1 unspecified atom stereocenters. The van der Waals surface area contributed by atoms with E-state index in [9.17, 15) is 26.4 Å². The molecule has 0 saturated carbocycles. The van der Waals surface area contributed by atoms with E-state index in [2.05, 4.69) is 10.4 Å². The number of sulfone groups is 1. The van der Waals surface area contributed by atoms with E-state index < -0.39 is 39.2 Å². The zero-order valence-electron chi connectivity index (χ0n) is 13.0. The number of rotatable bonds is 2. The highest BCUT2D eigenvalue weighted by molar-refractivity contribution is 7.91. The van der Waals surface area contributed by atoms with Gasteiger partial charge >= 0.3 is 6.18 Å². The van der Waals surface area contributed by atoms with E-state index >= 15 is 0 Å². The van der Waals surface area contributed by atoms with Crippen LogP contribution in [-0.2, 0) is 23.1 Å². The number of carbonyl (C=O) groups excluding carboxylic acids is 1. The summed E-state index contributed by atoms with van der Waals surface area (Å²) in [4.78, 5) is 12.5. The normalized spacial score (nSPS) is 19.3. The zero-order chi connectivity index (χ0) is 18.4. The minimum atomic E-state index is -4.71. The number of aromatic nitrogens is 2. The molecule has 2 aromatic rings. The molecule has 0 fully saturated rings. The summed E-state index contributed by atoms with van der Waals surface area (Å²) < 4.78 is 64.1. The summed E-state index contributed by atoms with van der Waals surface area (Å²) in [6.07, 6.45) is -4.03. The van der Waals surface area contributed by atoms with E-state index in [4.69, 9.17) is 0 Å². The van der Waals surface area contributed by atoms with Crippen molar-refractivity contribution in [1.29, 1.82) is 0 Å². The molecular formula is C15H14F3N3O3S. The molecule has 2 heterocycles. The third-order valence-electron chi connectivity index (χ3n) is 4.07. The van der Waals surface area contributed by atoms with Crippen molar-refractivity contribution < 1.29 is 26.4 Å². The van der Waals surface area contributed by atoms with Crippen LogP contribution in [0.25, 0.3) is 0 Å². The van der Waals surface area contributed by atoms with Crippen LogP contribution < -0.4 is 5.32 Å². The molecule has 3 rings (SSSR count). The maximum Gasteiger partial charge on any atom is 0.420 e. The summed E-state index contributed by atoms with van der Waals surface area (Å²) in [7, 11) is -2.21. The number of fused-ring (bicyclic) bond motifs is 1. The summed E-state index contributed by atoms with van der Waals surface area (Å²) in [5, 5.41) is 6.01. The van der Waals surface area contributed by atoms with Gasteiger partial charge in [-0.2, -0.15) is 18.3 Å². The molecule has 1 aromatic carbocycles. The highest BCUT2D eigenvalue weighted by atomic mass is 32.2. The number of benzene rings is 1. The second kappa shape index (κ2) is 5.87. The van der Waals surface area contributed by atoms with Gasteiger partial charge in [0, 0.05) is 7.05 Å². The Morgan fingerprint density at radius 2 is 2.00 bits per heavy atom. The van der Waals surface area contributed by atoms with Crippen molar-refractivity contribution in [2.45, 2.75) is 23.5 Å². The average molecular weight is 373 g/mol. The molecule has 0 bridgehead atoms. The summed E-state index contributed by atoms with van der Waals surface area (Å²) in [5.41, 5.74) is -1.37. The third kappa shape index (κ3) is 3.13. The van der Waals surface area contributed by atoms with Crippen molar-refractivity contribution >= 4 is 15.7 Å². The lowest BCUT2D eigenvalue weighted by Gasteiger charge is -2.26. The van der Waals surface area contributed by atoms with E-state index in [1.54, 1.807) is 18.2 Å². The summed E-state index contributed by atoms with van der Waals surface area (Å²) >= 11 is 0. The number of halogens is 3. The van der Waals surface area contributed by atoms with Crippen LogP contribution in [0.15, 0.2) is 35.4 Å². The van der Waals surface area contributed by atoms with Gasteiger partial charge in [-0.05, 0) is 18.1 Å². The molecule has 0 saturated heterocycles. The molecule has 10 heteroatoms. The van der Waals surface area contributed by atoms with Crippen LogP contribution in [0.5, 0.6) is 0 Å². The predicted molar refractivity (Wildman–Crippen MR) is 81.5 cm³/mol. The van der Waals surface area contributed by atoms with Gasteiger partial charge in [0.2, 0.25) is 0 Å². The average Bonchev–Trinajstić information content (AvgIpc) is 2.92. The largest absolute Gasteiger partial charge is 0.420 e. The predicted octanol–water partition coefficient (Wildman–Crippen LogP) is 2.09. The Bertz CT molecular complexity index is 935. The van der Waals surface area contributed by atoms with Gasteiger partial charge in [0.1, 0.15) is 11.3 Å². The lowest BCUT2D eigenvalue weighted by atomic mass is 10.0. The van der Waals surface area contributed by atoms with Gasteiger partial charge in [-0.15, -0.1) is 0 Å². The Morgan fingerprint density at radius 3 is 2.68 bits per heavy atom. The molecule has 0 aliphatic carbocycles. The highest BCUT2D eigenvalue weighted by Crippen LogP contribution is 2.34. The Hall–Kier alpha value is -2.36. The second-order valence-corrected chi connectivity index (χ2v) is 7.78. The molecule has 1 aromatic heterocycles. The van der Waals surface area contributed by atoms with E-state index in [1.807, 2.05) is 0 Å². The van der Waals surface area contributed by atoms with E-state index in [1.165, 1.54) is 13.1 Å². The summed E-state index contributed by atoms with van der Waals surface area (Å²) in [6.45, 7) is 0. The Morgan fingerprint density at radius 1 is 1.32 bits per heavy atom. The Labute approximate surface area is 141 Å². The van der Waals surface area contributed by atoms with Crippen molar-refractivity contribution in [2.24, 2.45) is 7.05 Å². The molecule has 1 amide bonds. The van der Waals surface area contributed by atoms with Crippen molar-refractivity contribution in [3.63, 3.8) is 0 Å². The molecule has 25 heavy (non-hydrogen) atoms. The van der Waals surface area contributed by atoms with Crippen molar-refractivity contribution in [3.05, 3.63) is 47.3 Å². The lowest BCUT2D eigenvalue weighted by molar-refractivity contribution is -0.138. The van der Waals surface area contributed by atoms with Crippen LogP contribution in [0.4, 0.5) is 13.2 Å². The molecule has 6 nitrogen and oxygen atoms in total. The highest BCUT2D eigenvalue weighted by Gasteiger charge is 2.39. The zero-order valence-corrected chi connectivity index (χ0v) is 13.9. The number of amides is 1. The summed E-state index contributed by atoms with van der Waals surface area (Å²) in [6, 6.07) is 5.45. The first-order chi connectivity index (χ1) is 11.6. The molecule has 1 N–H and O–H groups in total. The minimum Gasteiger partial charge on any atom is -0.344 e. The standard InChI is InChI=1S/C15H14F3N3O3S/c1-21-13(10(8-19-21)15(16,17)18)14(22)20-11-6-7-25(23,24)12-5-3-2-4-9(11)12/h2-5,8,11H,6-7H2,1H3,(H,20,22). The summed E-state index contributed by atoms with van der Waals surface area (Å²) in [5.74, 6) is -1.14. The number of alkyl halides is 3. The molecule has 0 spiro atoms. The Kier molecular flexibility index (Phi) is 4.10. The van der Waals surface area contributed by atoms with Crippen LogP contribution in [0, 0.1) is 0 Å². The fourth-order valence-corrected chi connectivity index (χ4v) is 4.50. The van der Waals surface area contributed by atoms with Gasteiger partial charge in [-0.3, -0.25) is 9.48 Å². The first kappa shape index (κ1) is 17.5. The smallest absolute Gasteiger partial charge is 0.344 e. The molecule has 0 radical (unpaired) electrons. The van der Waals surface area contributed by atoms with Crippen LogP contribution in [0.1, 0.15) is 34.1 Å². The van der Waals surface area contributed by atoms with E-state index in [-0.39, 0.29) is 17.1 Å². The number of carbonyl (C=O) groups is 1. The van der Waals surface area contributed by atoms with Gasteiger partial charge in [-0.25, -0.2) is 8.42 Å². The topological polar surface area (TPSA) is 81.1 Å². The van der Waals surface area contributed by atoms with Crippen LogP contribution in [0.3, 0.4) is 0 Å². The number of aryl methyl sites for hydroxylation is 1. The molecule has 1 atom stereocenters. The number of nitrogens with zero attached hydrogens (tertiary/aromatic N) is 2. The van der Waals surface area contributed by atoms with Crippen molar-refractivity contribution in [3.8, 4) is 0 Å². The van der Waals surface area contributed by atoms with E-state index in [0.717, 1.165) is 4.68 Å². The van der Waals surface area contributed by atoms with Gasteiger partial charge in [0.25, 0.3) is 5.91 Å². The lowest BCUT2D eigenvalue weighted by Crippen LogP contribution is -2.35. The first-order valence-electron chi connectivity index (χ1n) is 7.33. The molecule has 1 aliphatic rings. The number of hydrogen-bond acceptors (Lipinski definition) is 4. The fourth-order valence-electron chi connectivity index (χ4n) is 2.88. The van der Waals surface area contributed by atoms with Crippen molar-refractivity contribution in [1.82, 2.24) is 15.1 Å². The second-order valence-electron chi connectivity index (χ2n) is 5.70. The van der Waals surface area contributed by atoms with Gasteiger partial charge < -0.3 is 5.32 Å². The number of nitrogens with one attached hydrogen (secondary N) is 1. The monoisotopic (exact) mass is 373 g/mol. The van der Waals surface area contributed by atoms with Crippen LogP contribution in [-0.4, -0.2) is 29.9 Å². The van der Waals surface area contributed by atoms with Gasteiger partial charge in [0.05, 0.1) is 22.9 Å². The van der Waals surface area contributed by atoms with Gasteiger partial charge in [0.15, 0.2) is 9.84 Å². The SMILES string of the molecule is Cn1ncc(C(F)(F)F)c1C(=O)NC1CCS(=O)(=O)c2ccccc21. The minimum absolute atomic E-state index is 0.0876. The van der Waals surface area contributed by atoms with Crippen LogP contribution in [0.2, 0.25) is 0 Å². The molecule has 134 valence electrons. The third-order valence-corrected chi connectivity index (χ3v) is 5.88. The molecular weight excluding hydrogens is 359 g/mol. The van der Waals surface area contributed by atoms with Crippen LogP contribution >= 0.6 is 0 Å². The first-order valence-corrected chi connectivity index (χ1v) is 8.98. The maximum absolute atomic E-state index is 13.0.